The summed E-state index contributed by atoms with van der Waals surface area (Å²) in [5, 5.41) is 14.3. The Labute approximate surface area is 167 Å². The first kappa shape index (κ1) is 17.6. The number of nitrogens with zero attached hydrogens (tertiary/aromatic N) is 6. The number of aromatic nitrogens is 4. The maximum Gasteiger partial charge on any atom is 0.249 e. The summed E-state index contributed by atoms with van der Waals surface area (Å²) in [7, 11) is 1.56. The number of ether oxygens (including phenoxy) is 1. The molecule has 1 saturated carbocycles. The molecule has 2 aliphatic rings. The lowest BCUT2D eigenvalue weighted by Gasteiger charge is -2.23. The van der Waals surface area contributed by atoms with E-state index in [-0.39, 0.29) is 17.7 Å². The fraction of sp³-hybridized carbons (Fsp3) is 0.381. The molecule has 1 aliphatic carbocycles. The molecule has 0 aromatic carbocycles. The summed E-state index contributed by atoms with van der Waals surface area (Å²) in [6, 6.07) is 7.84. The number of rotatable bonds is 4. The summed E-state index contributed by atoms with van der Waals surface area (Å²) < 4.78 is 6.94. The van der Waals surface area contributed by atoms with Crippen LogP contribution in [0.2, 0.25) is 0 Å². The van der Waals surface area contributed by atoms with Crippen LogP contribution in [0.15, 0.2) is 36.8 Å². The number of pyridine rings is 1. The molecule has 0 unspecified atom stereocenters. The number of amides is 1. The van der Waals surface area contributed by atoms with Gasteiger partial charge >= 0.3 is 0 Å². The number of fused-ring (bicyclic) bond motifs is 1. The zero-order chi connectivity index (χ0) is 20.2. The van der Waals surface area contributed by atoms with Crippen LogP contribution in [0.25, 0.3) is 16.8 Å². The number of anilines is 1. The molecule has 0 radical (unpaired) electrons. The molecule has 0 bridgehead atoms. The second-order valence-corrected chi connectivity index (χ2v) is 7.77. The topological polar surface area (TPSA) is 96.4 Å². The largest absolute Gasteiger partial charge is 0.481 e. The Morgan fingerprint density at radius 1 is 1.31 bits per heavy atom. The van der Waals surface area contributed by atoms with Crippen LogP contribution in [-0.4, -0.2) is 39.1 Å². The van der Waals surface area contributed by atoms with E-state index in [0.29, 0.717) is 23.9 Å². The molecule has 3 aromatic rings. The first-order valence-electron chi connectivity index (χ1n) is 9.66. The molecule has 0 N–H and O–H groups in total. The average Bonchev–Trinajstić information content (AvgIpc) is 3.42. The maximum absolute atomic E-state index is 13.5. The Kier molecular flexibility index (Phi) is 3.81. The van der Waals surface area contributed by atoms with E-state index in [4.69, 9.17) is 9.72 Å². The van der Waals surface area contributed by atoms with Crippen molar-refractivity contribution in [3.63, 3.8) is 0 Å². The van der Waals surface area contributed by atoms with Crippen LogP contribution in [0.1, 0.15) is 19.8 Å². The van der Waals surface area contributed by atoms with Crippen molar-refractivity contribution < 1.29 is 9.53 Å². The lowest BCUT2D eigenvalue weighted by atomic mass is 9.75. The maximum atomic E-state index is 13.5. The summed E-state index contributed by atoms with van der Waals surface area (Å²) in [5.74, 6) is 0.963. The number of methoxy groups -OCH3 is 1. The van der Waals surface area contributed by atoms with Gasteiger partial charge in [0.25, 0.3) is 0 Å². The second-order valence-electron chi connectivity index (χ2n) is 7.77. The zero-order valence-corrected chi connectivity index (χ0v) is 16.2. The molecule has 29 heavy (non-hydrogen) atoms. The van der Waals surface area contributed by atoms with Crippen LogP contribution >= 0.6 is 0 Å². The molecule has 5 rings (SSSR count). The third-order valence-electron chi connectivity index (χ3n) is 6.10. The van der Waals surface area contributed by atoms with Crippen molar-refractivity contribution in [2.24, 2.45) is 17.3 Å². The highest BCUT2D eigenvalue weighted by atomic mass is 16.5. The summed E-state index contributed by atoms with van der Waals surface area (Å²) in [5.41, 5.74) is 1.25. The molecule has 146 valence electrons. The van der Waals surface area contributed by atoms with Crippen molar-refractivity contribution in [1.82, 2.24) is 19.6 Å². The number of carbonyl (C=O) groups is 1. The highest BCUT2D eigenvalue weighted by Gasteiger charge is 2.61. The Bertz CT molecular complexity index is 1160. The minimum absolute atomic E-state index is 0.0538. The molecule has 8 nitrogen and oxygen atoms in total. The molecule has 3 aromatic heterocycles. The van der Waals surface area contributed by atoms with Gasteiger partial charge in [-0.15, -0.1) is 0 Å². The Morgan fingerprint density at radius 3 is 2.86 bits per heavy atom. The van der Waals surface area contributed by atoms with Crippen molar-refractivity contribution >= 4 is 17.2 Å². The molecule has 2 fully saturated rings. The Hall–Kier alpha value is -3.47. The monoisotopic (exact) mass is 388 g/mol. The highest BCUT2D eigenvalue weighted by molar-refractivity contribution is 6.04. The van der Waals surface area contributed by atoms with Crippen molar-refractivity contribution in [2.75, 3.05) is 18.6 Å². The van der Waals surface area contributed by atoms with Gasteiger partial charge in [-0.25, -0.2) is 14.5 Å². The molecule has 1 saturated heterocycles. The molecule has 2 atom stereocenters. The quantitative estimate of drug-likeness (QED) is 0.682. The van der Waals surface area contributed by atoms with Gasteiger partial charge < -0.3 is 4.74 Å². The fourth-order valence-corrected chi connectivity index (χ4v) is 4.41. The third-order valence-corrected chi connectivity index (χ3v) is 6.10. The highest BCUT2D eigenvalue weighted by Crippen LogP contribution is 2.54. The summed E-state index contributed by atoms with van der Waals surface area (Å²) in [4.78, 5) is 24.1. The summed E-state index contributed by atoms with van der Waals surface area (Å²) in [6.45, 7) is 2.46. The molecule has 1 aliphatic heterocycles. The van der Waals surface area contributed by atoms with Gasteiger partial charge in [0.15, 0.2) is 5.82 Å². The van der Waals surface area contributed by atoms with Gasteiger partial charge in [0.2, 0.25) is 11.8 Å². The minimum atomic E-state index is -0.950. The van der Waals surface area contributed by atoms with Crippen molar-refractivity contribution in [3.05, 3.63) is 36.8 Å². The van der Waals surface area contributed by atoms with E-state index >= 15 is 0 Å². The van der Waals surface area contributed by atoms with Crippen molar-refractivity contribution in [3.8, 4) is 23.2 Å². The smallest absolute Gasteiger partial charge is 0.249 e. The standard InChI is InChI=1S/C21H20N6O2/c1-13-10-26(20(28)21(13,12-22)15-3-4-15)19-17-6-8-24-27(17)11-16(25-19)14-5-7-23-18(9-14)29-2/h5-9,11,13,15H,3-4,10H2,1-2H3/t13-,21+/m1/s1. The average molecular weight is 388 g/mol. The normalized spacial score (nSPS) is 24.1. The van der Waals surface area contributed by atoms with Gasteiger partial charge in [-0.3, -0.25) is 9.69 Å². The molecule has 1 amide bonds. The predicted octanol–water partition coefficient (Wildman–Crippen LogP) is 2.70. The first-order chi connectivity index (χ1) is 14.1. The van der Waals surface area contributed by atoms with E-state index in [1.807, 2.05) is 25.3 Å². The first-order valence-corrected chi connectivity index (χ1v) is 9.66. The van der Waals surface area contributed by atoms with Crippen LogP contribution < -0.4 is 9.64 Å². The van der Waals surface area contributed by atoms with Crippen molar-refractivity contribution in [1.29, 1.82) is 5.26 Å². The van der Waals surface area contributed by atoms with Crippen LogP contribution in [-0.2, 0) is 4.79 Å². The molecule has 0 spiro atoms. The van der Waals surface area contributed by atoms with E-state index in [1.54, 1.807) is 35.0 Å². The Balaban J connectivity index is 1.65. The fourth-order valence-electron chi connectivity index (χ4n) is 4.41. The summed E-state index contributed by atoms with van der Waals surface area (Å²) in [6.07, 6.45) is 7.02. The van der Waals surface area contributed by atoms with E-state index in [0.717, 1.165) is 23.9 Å². The predicted molar refractivity (Wildman–Crippen MR) is 105 cm³/mol. The van der Waals surface area contributed by atoms with Gasteiger partial charge in [-0.1, -0.05) is 6.92 Å². The van der Waals surface area contributed by atoms with E-state index in [9.17, 15) is 10.1 Å². The van der Waals surface area contributed by atoms with Crippen LogP contribution in [0.4, 0.5) is 5.82 Å². The molecular formula is C21H20N6O2. The van der Waals surface area contributed by atoms with Crippen LogP contribution in [0.5, 0.6) is 5.88 Å². The molecule has 8 heteroatoms. The number of nitriles is 1. The zero-order valence-electron chi connectivity index (χ0n) is 16.2. The van der Waals surface area contributed by atoms with Crippen LogP contribution in [0, 0.1) is 28.6 Å². The lowest BCUT2D eigenvalue weighted by molar-refractivity contribution is -0.124. The SMILES string of the molecule is COc1cc(-c2cn3nccc3c(N3C[C@@H](C)[C@@](C#N)(C4CC4)C3=O)n2)ccn1. The van der Waals surface area contributed by atoms with E-state index in [2.05, 4.69) is 16.2 Å². The van der Waals surface area contributed by atoms with Gasteiger partial charge in [-0.2, -0.15) is 10.4 Å². The van der Waals surface area contributed by atoms with E-state index in [1.165, 1.54) is 0 Å². The summed E-state index contributed by atoms with van der Waals surface area (Å²) >= 11 is 0. The van der Waals surface area contributed by atoms with Gasteiger partial charge in [-0.05, 0) is 30.9 Å². The number of hydrogen-bond acceptors (Lipinski definition) is 6. The second kappa shape index (κ2) is 6.27. The van der Waals surface area contributed by atoms with E-state index < -0.39 is 5.41 Å². The third kappa shape index (κ3) is 2.50. The molecule has 4 heterocycles. The van der Waals surface area contributed by atoms with Crippen molar-refractivity contribution in [2.45, 2.75) is 19.8 Å². The van der Waals surface area contributed by atoms with Gasteiger partial charge in [0.05, 0.1) is 31.3 Å². The number of hydrogen-bond donors (Lipinski definition) is 0. The Morgan fingerprint density at radius 2 is 2.14 bits per heavy atom. The van der Waals surface area contributed by atoms with Crippen LogP contribution in [0.3, 0.4) is 0 Å². The minimum Gasteiger partial charge on any atom is -0.481 e. The number of carbonyl (C=O) groups excluding carboxylic acids is 1. The van der Waals surface area contributed by atoms with Gasteiger partial charge in [0, 0.05) is 30.3 Å². The molecular weight excluding hydrogens is 368 g/mol. The van der Waals surface area contributed by atoms with Gasteiger partial charge in [0.1, 0.15) is 10.9 Å². The lowest BCUT2D eigenvalue weighted by Crippen LogP contribution is -2.37.